The van der Waals surface area contributed by atoms with Crippen molar-refractivity contribution in [3.8, 4) is 0 Å². The molecule has 0 spiro atoms. The Morgan fingerprint density at radius 1 is 1.25 bits per heavy atom. The second-order valence-corrected chi connectivity index (χ2v) is 0. The van der Waals surface area contributed by atoms with E-state index in [1.807, 2.05) is 0 Å². The Morgan fingerprint density at radius 2 is 1.25 bits per heavy atom. The van der Waals surface area contributed by atoms with Gasteiger partial charge in [0.25, 0.3) is 0 Å². The summed E-state index contributed by atoms with van der Waals surface area (Å²) in [7, 11) is 4.15. The van der Waals surface area contributed by atoms with E-state index in [0.29, 0.717) is 0 Å². The van der Waals surface area contributed by atoms with Crippen LogP contribution >= 0.6 is 10.1 Å². The van der Waals surface area contributed by atoms with Gasteiger partial charge >= 0.3 is 49.3 Å². The summed E-state index contributed by atoms with van der Waals surface area (Å²) in [6.45, 7) is 0. The van der Waals surface area contributed by atoms with Gasteiger partial charge in [-0.15, -0.1) is 0 Å². The van der Waals surface area contributed by atoms with Crippen molar-refractivity contribution < 1.29 is 22.4 Å². The second kappa shape index (κ2) is 20.3. The molecule has 0 rings (SSSR count). The molecule has 4 heteroatoms. The predicted octanol–water partition coefficient (Wildman–Crippen LogP) is -0.00520. The zero-order valence-corrected chi connectivity index (χ0v) is 7.35. The molecule has 0 aromatic heterocycles. The molecule has 0 unspecified atom stereocenters. The molecule has 0 heterocycles. The minimum atomic E-state index is 0. The number of hydrogen-bond acceptors (Lipinski definition) is 2. The van der Waals surface area contributed by atoms with Crippen molar-refractivity contribution >= 4 is 40.4 Å². The molecular weight excluding hydrogens is 242 g/mol. The van der Waals surface area contributed by atoms with Crippen LogP contribution in [-0.2, 0) is 35.9 Å². The zero-order valence-electron chi connectivity index (χ0n) is 1.73. The maximum atomic E-state index is 4.15. The van der Waals surface area contributed by atoms with Crippen molar-refractivity contribution in [2.24, 2.45) is 0 Å². The summed E-state index contributed by atoms with van der Waals surface area (Å²) < 4.78 is 0. The van der Waals surface area contributed by atoms with E-state index < -0.39 is 0 Å². The molecule has 4 heavy (non-hydrogen) atoms. The van der Waals surface area contributed by atoms with Crippen molar-refractivity contribution in [3.63, 3.8) is 0 Å². The van der Waals surface area contributed by atoms with E-state index in [0.717, 1.165) is 0 Å². The van der Waals surface area contributed by atoms with Gasteiger partial charge in [-0.25, -0.2) is 0 Å². The monoisotopic (exact) mass is 241 g/mol. The first-order valence-electron chi connectivity index (χ1n) is 0.236. The molecule has 0 aromatic carbocycles. The molecule has 27 valence electrons. The molecule has 0 saturated carbocycles. The van der Waals surface area contributed by atoms with Crippen LogP contribution in [-0.4, -0.2) is 16.8 Å². The Labute approximate surface area is 62.2 Å². The molecule has 0 aliphatic rings. The summed E-state index contributed by atoms with van der Waals surface area (Å²) in [6.07, 6.45) is 0. The quantitative estimate of drug-likeness (QED) is 0.333. The molecule has 0 aliphatic carbocycles. The Hall–Kier alpha value is 1.95. The standard InChI is InChI=1S/Ag.Ga.H2S.S/h;;1H2;/q+1;;;/p-1. The molecule has 0 amide bonds. The Bertz CT molecular complexity index is 6.00. The van der Waals surface area contributed by atoms with Crippen molar-refractivity contribution in [2.45, 2.75) is 0 Å². The third-order valence-electron chi connectivity index (χ3n) is 0. The molecule has 0 bridgehead atoms. The number of rotatable bonds is 0. The zero-order chi connectivity index (χ0) is 2.00. The molecule has 0 aliphatic heterocycles. The Balaban J connectivity index is -0.00000000500. The van der Waals surface area contributed by atoms with Crippen molar-refractivity contribution in [1.29, 1.82) is 0 Å². The van der Waals surface area contributed by atoms with E-state index >= 15 is 0 Å². The first kappa shape index (κ1) is 16.8. The predicted molar refractivity (Wildman–Crippen MR) is 22.1 cm³/mol. The van der Waals surface area contributed by atoms with E-state index in [1.165, 1.54) is 16.8 Å². The fourth-order valence-corrected chi connectivity index (χ4v) is 0. The van der Waals surface area contributed by atoms with Crippen molar-refractivity contribution in [3.05, 3.63) is 0 Å². The van der Waals surface area contributed by atoms with Gasteiger partial charge < -0.3 is 13.5 Å². The van der Waals surface area contributed by atoms with E-state index in [2.05, 4.69) is 10.1 Å². The molecular formula is HAgGaS2. The van der Waals surface area contributed by atoms with Gasteiger partial charge in [0.05, 0.1) is 0 Å². The summed E-state index contributed by atoms with van der Waals surface area (Å²) in [4.78, 5) is 0. The minimum absolute atomic E-state index is 0. The van der Waals surface area contributed by atoms with Crippen LogP contribution in [0.3, 0.4) is 0 Å². The fourth-order valence-electron chi connectivity index (χ4n) is 0. The average Bonchev–Trinajstić information content (AvgIpc) is 1.00. The summed E-state index contributed by atoms with van der Waals surface area (Å²) in [5.74, 6) is 0. The van der Waals surface area contributed by atoms with Crippen LogP contribution < -0.4 is 0 Å². The number of thiol groups is 1. The SMILES string of the molecule is [Ag+].[SH-].[S]=[Ga]. The van der Waals surface area contributed by atoms with Gasteiger partial charge in [-0.1, -0.05) is 0 Å². The van der Waals surface area contributed by atoms with Crippen LogP contribution in [0.5, 0.6) is 0 Å². The van der Waals surface area contributed by atoms with Gasteiger partial charge in [0.1, 0.15) is 0 Å². The van der Waals surface area contributed by atoms with Crippen LogP contribution in [0.2, 0.25) is 0 Å². The van der Waals surface area contributed by atoms with Crippen molar-refractivity contribution in [2.75, 3.05) is 0 Å². The van der Waals surface area contributed by atoms with Crippen LogP contribution in [0.4, 0.5) is 0 Å². The summed E-state index contributed by atoms with van der Waals surface area (Å²) in [5, 5.41) is 0. The molecule has 0 fully saturated rings. The molecule has 0 nitrogen and oxygen atoms in total. The van der Waals surface area contributed by atoms with E-state index in [1.54, 1.807) is 0 Å². The third kappa shape index (κ3) is 9.04. The summed E-state index contributed by atoms with van der Waals surface area (Å²) in [5.41, 5.74) is 0. The van der Waals surface area contributed by atoms with Gasteiger partial charge in [0.2, 0.25) is 0 Å². The Kier molecular flexibility index (Phi) is 85.2. The van der Waals surface area contributed by atoms with Crippen LogP contribution in [0.1, 0.15) is 0 Å². The van der Waals surface area contributed by atoms with E-state index in [-0.39, 0.29) is 35.9 Å². The first-order chi connectivity index (χ1) is 1.00. The Morgan fingerprint density at radius 3 is 1.25 bits per heavy atom. The van der Waals surface area contributed by atoms with Crippen molar-refractivity contribution in [1.82, 2.24) is 0 Å². The van der Waals surface area contributed by atoms with Crippen LogP contribution in [0.15, 0.2) is 0 Å². The van der Waals surface area contributed by atoms with Crippen LogP contribution in [0, 0.1) is 0 Å². The average molecular weight is 243 g/mol. The molecule has 0 saturated heterocycles. The second-order valence-electron chi connectivity index (χ2n) is 0. The van der Waals surface area contributed by atoms with Gasteiger partial charge in [0.15, 0.2) is 0 Å². The topological polar surface area (TPSA) is 0 Å². The van der Waals surface area contributed by atoms with E-state index in [9.17, 15) is 0 Å². The summed E-state index contributed by atoms with van der Waals surface area (Å²) in [6, 6.07) is 0. The molecule has 0 atom stereocenters. The van der Waals surface area contributed by atoms with Gasteiger partial charge in [0, 0.05) is 0 Å². The van der Waals surface area contributed by atoms with Gasteiger partial charge in [-0.05, 0) is 0 Å². The first-order valence-corrected chi connectivity index (χ1v) is 3.67. The molecule has 0 N–H and O–H groups in total. The maximum absolute atomic E-state index is 4.15. The van der Waals surface area contributed by atoms with E-state index in [4.69, 9.17) is 0 Å². The third-order valence-corrected chi connectivity index (χ3v) is 0. The fraction of sp³-hybridized carbons (Fsp3) is 0. The summed E-state index contributed by atoms with van der Waals surface area (Å²) >= 11 is 1.27. The normalized spacial score (nSPS) is 0.750. The molecule has 1 radical (unpaired) electrons. The van der Waals surface area contributed by atoms with Gasteiger partial charge in [-0.2, -0.15) is 0 Å². The number of hydrogen-bond donors (Lipinski definition) is 0. The van der Waals surface area contributed by atoms with Crippen LogP contribution in [0.25, 0.3) is 0 Å². The van der Waals surface area contributed by atoms with Gasteiger partial charge in [-0.3, -0.25) is 0 Å². The molecule has 0 aromatic rings.